The number of hydrogen-bond donors (Lipinski definition) is 0. The van der Waals surface area contributed by atoms with Gasteiger partial charge >= 0.3 is 0 Å². The van der Waals surface area contributed by atoms with Crippen molar-refractivity contribution in [1.82, 2.24) is 0 Å². The zero-order valence-electron chi connectivity index (χ0n) is 19.6. The lowest BCUT2D eigenvalue weighted by molar-refractivity contribution is -0.109. The quantitative estimate of drug-likeness (QED) is 0.296. The van der Waals surface area contributed by atoms with Crippen LogP contribution in [0.1, 0.15) is 56.2 Å². The topological polar surface area (TPSA) is 17.1 Å². The fourth-order valence-corrected chi connectivity index (χ4v) is 5.09. The Kier molecular flexibility index (Phi) is 11.2. The highest BCUT2D eigenvalue weighted by Crippen LogP contribution is 2.30. The molecule has 2 aromatic carbocycles. The number of allylic oxidation sites excluding steroid dienone is 4. The number of rotatable bonds is 8. The molecule has 0 bridgehead atoms. The average molecular weight is 453 g/mol. The summed E-state index contributed by atoms with van der Waals surface area (Å²) in [4.78, 5) is 13.9. The molecular weight excluding hydrogens is 416 g/mol. The Morgan fingerprint density at radius 3 is 1.90 bits per heavy atom. The fraction of sp³-hybridized carbons (Fsp3) is 0.393. The minimum Gasteiger partial charge on any atom is -0.303 e. The van der Waals surface area contributed by atoms with Crippen LogP contribution in [-0.4, -0.2) is 17.8 Å². The first kappa shape index (κ1) is 25.5. The molecule has 166 valence electrons. The maximum absolute atomic E-state index is 11.2. The molecule has 1 atom stereocenters. The second-order valence-electron chi connectivity index (χ2n) is 8.54. The van der Waals surface area contributed by atoms with Crippen LogP contribution in [0, 0.1) is 19.8 Å². The molecule has 1 nitrogen and oxygen atoms in total. The Labute approximate surface area is 197 Å². The Bertz CT molecular complexity index is 861. The van der Waals surface area contributed by atoms with Crippen molar-refractivity contribution >= 4 is 29.8 Å². The normalized spacial score (nSPS) is 14.3. The van der Waals surface area contributed by atoms with E-state index in [2.05, 4.69) is 95.3 Å². The lowest BCUT2D eigenvalue weighted by Gasteiger charge is -2.14. The second kappa shape index (κ2) is 13.6. The Balaban J connectivity index is 0.000000285. The van der Waals surface area contributed by atoms with E-state index in [9.17, 15) is 4.79 Å². The van der Waals surface area contributed by atoms with Gasteiger partial charge in [0.15, 0.2) is 0 Å². The van der Waals surface area contributed by atoms with Gasteiger partial charge in [0.05, 0.1) is 0 Å². The number of thioether (sulfide) groups is 2. The highest BCUT2D eigenvalue weighted by atomic mass is 32.2. The number of aryl methyl sites for hydroxylation is 2. The minimum atomic E-state index is 0.120. The highest BCUT2D eigenvalue weighted by Gasteiger charge is 2.11. The molecule has 3 heteroatoms. The van der Waals surface area contributed by atoms with E-state index in [0.717, 1.165) is 30.6 Å². The van der Waals surface area contributed by atoms with Crippen molar-refractivity contribution in [2.45, 2.75) is 58.3 Å². The summed E-state index contributed by atoms with van der Waals surface area (Å²) < 4.78 is 0. The molecule has 0 saturated heterocycles. The van der Waals surface area contributed by atoms with Gasteiger partial charge in [-0.25, -0.2) is 0 Å². The molecule has 0 amide bonds. The Morgan fingerprint density at radius 2 is 1.39 bits per heavy atom. The lowest BCUT2D eigenvalue weighted by atomic mass is 10.0. The smallest absolute Gasteiger partial charge is 0.124 e. The summed E-state index contributed by atoms with van der Waals surface area (Å²) in [6, 6.07) is 17.2. The first-order valence-electron chi connectivity index (χ1n) is 11.1. The van der Waals surface area contributed by atoms with Crippen LogP contribution in [0.3, 0.4) is 0 Å². The van der Waals surface area contributed by atoms with Crippen LogP contribution in [0.2, 0.25) is 0 Å². The molecule has 0 aliphatic heterocycles. The zero-order valence-corrected chi connectivity index (χ0v) is 21.2. The molecule has 1 unspecified atom stereocenters. The third-order valence-corrected chi connectivity index (χ3v) is 7.73. The van der Waals surface area contributed by atoms with Crippen LogP contribution >= 0.6 is 23.5 Å². The molecule has 2 aromatic rings. The number of carbonyl (C=O) groups excluding carboxylic acids is 1. The lowest BCUT2D eigenvalue weighted by Crippen LogP contribution is -2.09. The van der Waals surface area contributed by atoms with Gasteiger partial charge in [-0.05, 0) is 62.1 Å². The number of aldehydes is 1. The van der Waals surface area contributed by atoms with Gasteiger partial charge in [-0.1, -0.05) is 79.1 Å². The van der Waals surface area contributed by atoms with E-state index in [-0.39, 0.29) is 5.92 Å². The van der Waals surface area contributed by atoms with Gasteiger partial charge in [0.2, 0.25) is 0 Å². The van der Waals surface area contributed by atoms with Crippen molar-refractivity contribution in [3.05, 3.63) is 87.9 Å². The number of benzene rings is 2. The molecule has 0 fully saturated rings. The van der Waals surface area contributed by atoms with E-state index in [4.69, 9.17) is 0 Å². The van der Waals surface area contributed by atoms with Crippen molar-refractivity contribution in [2.75, 3.05) is 11.5 Å². The van der Waals surface area contributed by atoms with E-state index in [1.165, 1.54) is 32.1 Å². The summed E-state index contributed by atoms with van der Waals surface area (Å²) in [6.07, 6.45) is 7.80. The summed E-state index contributed by atoms with van der Waals surface area (Å²) in [5.74, 6) is 2.53. The maximum Gasteiger partial charge on any atom is 0.124 e. The SMILES string of the molecule is CC1=CC=C(SCC(C=O)CSc2ccc(C)cc2)CC1.Cc1ccc(C(C)C)cc1. The molecule has 31 heavy (non-hydrogen) atoms. The largest absolute Gasteiger partial charge is 0.303 e. The van der Waals surface area contributed by atoms with Gasteiger partial charge in [-0.3, -0.25) is 0 Å². The molecular formula is C28H36OS2. The van der Waals surface area contributed by atoms with Crippen LogP contribution < -0.4 is 0 Å². The van der Waals surface area contributed by atoms with Gasteiger partial charge < -0.3 is 4.79 Å². The first-order chi connectivity index (χ1) is 14.9. The van der Waals surface area contributed by atoms with Gasteiger partial charge in [0, 0.05) is 22.3 Å². The van der Waals surface area contributed by atoms with Crippen LogP contribution in [-0.2, 0) is 4.79 Å². The molecule has 1 aliphatic rings. The van der Waals surface area contributed by atoms with E-state index in [0.29, 0.717) is 5.92 Å². The summed E-state index contributed by atoms with van der Waals surface area (Å²) in [6.45, 7) is 10.8. The Morgan fingerprint density at radius 1 is 0.806 bits per heavy atom. The van der Waals surface area contributed by atoms with Gasteiger partial charge in [-0.15, -0.1) is 23.5 Å². The minimum absolute atomic E-state index is 0.120. The monoisotopic (exact) mass is 452 g/mol. The van der Waals surface area contributed by atoms with E-state index >= 15 is 0 Å². The maximum atomic E-state index is 11.2. The van der Waals surface area contributed by atoms with Crippen molar-refractivity contribution in [3.8, 4) is 0 Å². The Hall–Kier alpha value is -1.71. The zero-order chi connectivity index (χ0) is 22.6. The molecule has 0 aromatic heterocycles. The van der Waals surface area contributed by atoms with Crippen LogP contribution in [0.15, 0.2) is 76.1 Å². The second-order valence-corrected chi connectivity index (χ2v) is 10.8. The summed E-state index contributed by atoms with van der Waals surface area (Å²) in [7, 11) is 0. The number of hydrogen-bond acceptors (Lipinski definition) is 3. The third-order valence-electron chi connectivity index (χ3n) is 5.22. The highest BCUT2D eigenvalue weighted by molar-refractivity contribution is 8.03. The molecule has 0 saturated carbocycles. The van der Waals surface area contributed by atoms with Gasteiger partial charge in [-0.2, -0.15) is 0 Å². The van der Waals surface area contributed by atoms with Crippen LogP contribution in [0.4, 0.5) is 0 Å². The van der Waals surface area contributed by atoms with Gasteiger partial charge in [0.25, 0.3) is 0 Å². The predicted octanol–water partition coefficient (Wildman–Crippen LogP) is 8.38. The van der Waals surface area contributed by atoms with E-state index in [1.807, 2.05) is 11.8 Å². The van der Waals surface area contributed by atoms with Crippen LogP contribution in [0.5, 0.6) is 0 Å². The number of carbonyl (C=O) groups is 1. The van der Waals surface area contributed by atoms with Crippen LogP contribution in [0.25, 0.3) is 0 Å². The summed E-state index contributed by atoms with van der Waals surface area (Å²) in [5.41, 5.74) is 5.48. The molecule has 0 N–H and O–H groups in total. The molecule has 0 radical (unpaired) electrons. The standard InChI is InChI=1S/C18H22OS2.C10H14/c1-14-3-7-17(8-4-14)20-12-16(11-19)13-21-18-9-5-15(2)6-10-18;1-8(2)10-6-4-9(3)5-7-10/h3-5,7-9,11,16H,6,10,12-13H2,1-2H3;4-8H,1-3H3. The van der Waals surface area contributed by atoms with E-state index in [1.54, 1.807) is 11.8 Å². The average Bonchev–Trinajstić information content (AvgIpc) is 2.77. The fourth-order valence-electron chi connectivity index (χ4n) is 2.97. The predicted molar refractivity (Wildman–Crippen MR) is 140 cm³/mol. The molecule has 1 aliphatic carbocycles. The van der Waals surface area contributed by atoms with Crippen molar-refractivity contribution in [1.29, 1.82) is 0 Å². The summed E-state index contributed by atoms with van der Waals surface area (Å²) in [5, 5.41) is 0. The molecule has 0 spiro atoms. The molecule has 3 rings (SSSR count). The third kappa shape index (κ3) is 9.97. The van der Waals surface area contributed by atoms with Crippen molar-refractivity contribution in [2.24, 2.45) is 5.92 Å². The van der Waals surface area contributed by atoms with Crippen molar-refractivity contribution in [3.63, 3.8) is 0 Å². The summed E-state index contributed by atoms with van der Waals surface area (Å²) >= 11 is 3.61. The van der Waals surface area contributed by atoms with Gasteiger partial charge in [0.1, 0.15) is 6.29 Å². The first-order valence-corrected chi connectivity index (χ1v) is 13.0. The van der Waals surface area contributed by atoms with E-state index < -0.39 is 0 Å². The molecule has 0 heterocycles. The van der Waals surface area contributed by atoms with Crippen molar-refractivity contribution < 1.29 is 4.79 Å².